The molecule has 1 fully saturated rings. The Morgan fingerprint density at radius 2 is 2.09 bits per heavy atom. The van der Waals surface area contributed by atoms with Crippen LogP contribution in [-0.2, 0) is 11.3 Å². The van der Waals surface area contributed by atoms with Crippen LogP contribution < -0.4 is 11.3 Å². The molecule has 0 radical (unpaired) electrons. The van der Waals surface area contributed by atoms with E-state index in [0.717, 1.165) is 35.7 Å². The number of carbonyl (C=O) groups is 1. The average molecular weight is 308 g/mol. The van der Waals surface area contributed by atoms with Crippen molar-refractivity contribution in [1.82, 2.24) is 9.47 Å². The van der Waals surface area contributed by atoms with Crippen molar-refractivity contribution < 1.29 is 9.72 Å². The van der Waals surface area contributed by atoms with Gasteiger partial charge in [0.2, 0.25) is 5.91 Å². The van der Waals surface area contributed by atoms with Gasteiger partial charge in [0, 0.05) is 31.3 Å². The van der Waals surface area contributed by atoms with E-state index in [2.05, 4.69) is 0 Å². The number of likely N-dealkylation sites (tertiary alicyclic amines) is 1. The van der Waals surface area contributed by atoms with Crippen LogP contribution in [0.1, 0.15) is 19.8 Å². The number of carbonyl (C=O) groups excluding carboxylic acids is 1. The fraction of sp³-hybridized carbons (Fsp3) is 0.571. The third kappa shape index (κ3) is 3.70. The van der Waals surface area contributed by atoms with Gasteiger partial charge in [-0.2, -0.15) is 0 Å². The minimum atomic E-state index is -0.589. The molecule has 0 aliphatic carbocycles. The summed E-state index contributed by atoms with van der Waals surface area (Å²) in [7, 11) is 0. The van der Waals surface area contributed by atoms with Crippen molar-refractivity contribution in [2.24, 2.45) is 11.7 Å². The van der Waals surface area contributed by atoms with Gasteiger partial charge in [-0.1, -0.05) is 0 Å². The second-order valence-electron chi connectivity index (χ2n) is 5.69. The summed E-state index contributed by atoms with van der Waals surface area (Å²) in [4.78, 5) is 35.8. The van der Waals surface area contributed by atoms with Crippen molar-refractivity contribution in [2.45, 2.75) is 32.4 Å². The normalized spacial score (nSPS) is 17.3. The van der Waals surface area contributed by atoms with Crippen LogP contribution in [0.25, 0.3) is 0 Å². The number of nitro groups is 1. The zero-order valence-corrected chi connectivity index (χ0v) is 12.5. The number of pyridine rings is 1. The van der Waals surface area contributed by atoms with Crippen LogP contribution in [0.2, 0.25) is 0 Å². The Morgan fingerprint density at radius 1 is 1.45 bits per heavy atom. The summed E-state index contributed by atoms with van der Waals surface area (Å²) in [6, 6.07) is 2.35. The summed E-state index contributed by atoms with van der Waals surface area (Å²) in [5, 5.41) is 10.7. The summed E-state index contributed by atoms with van der Waals surface area (Å²) in [5.74, 6) is 0.204. The van der Waals surface area contributed by atoms with E-state index in [-0.39, 0.29) is 24.2 Å². The Morgan fingerprint density at radius 3 is 2.64 bits per heavy atom. The van der Waals surface area contributed by atoms with Crippen LogP contribution in [0.3, 0.4) is 0 Å². The lowest BCUT2D eigenvalue weighted by Crippen LogP contribution is -2.44. The van der Waals surface area contributed by atoms with Crippen LogP contribution in [0, 0.1) is 16.0 Å². The van der Waals surface area contributed by atoms with E-state index in [4.69, 9.17) is 5.73 Å². The zero-order chi connectivity index (χ0) is 16.3. The fourth-order valence-electron chi connectivity index (χ4n) is 2.67. The van der Waals surface area contributed by atoms with Crippen molar-refractivity contribution in [1.29, 1.82) is 0 Å². The minimum Gasteiger partial charge on any atom is -0.341 e. The summed E-state index contributed by atoms with van der Waals surface area (Å²) >= 11 is 0. The van der Waals surface area contributed by atoms with Gasteiger partial charge in [-0.15, -0.1) is 0 Å². The maximum absolute atomic E-state index is 12.2. The first-order chi connectivity index (χ1) is 10.4. The molecule has 22 heavy (non-hydrogen) atoms. The second kappa shape index (κ2) is 6.69. The van der Waals surface area contributed by atoms with Gasteiger partial charge in [0.05, 0.1) is 11.1 Å². The predicted molar refractivity (Wildman–Crippen MR) is 80.3 cm³/mol. The molecule has 1 aliphatic heterocycles. The van der Waals surface area contributed by atoms with Gasteiger partial charge in [-0.3, -0.25) is 24.3 Å². The maximum Gasteiger partial charge on any atom is 0.285 e. The van der Waals surface area contributed by atoms with Crippen molar-refractivity contribution in [3.05, 3.63) is 38.8 Å². The van der Waals surface area contributed by atoms with Crippen LogP contribution in [0.15, 0.2) is 23.1 Å². The molecular formula is C14H20N4O4. The number of nitrogens with zero attached hydrogens (tertiary/aromatic N) is 3. The number of hydrogen-bond donors (Lipinski definition) is 1. The van der Waals surface area contributed by atoms with Crippen LogP contribution >= 0.6 is 0 Å². The first-order valence-electron chi connectivity index (χ1n) is 7.26. The van der Waals surface area contributed by atoms with Gasteiger partial charge in [0.15, 0.2) is 0 Å². The highest BCUT2D eigenvalue weighted by atomic mass is 16.6. The molecule has 0 saturated carbocycles. The molecular weight excluding hydrogens is 288 g/mol. The van der Waals surface area contributed by atoms with Crippen LogP contribution in [0.5, 0.6) is 0 Å². The molecule has 1 aromatic heterocycles. The van der Waals surface area contributed by atoms with E-state index in [9.17, 15) is 19.7 Å². The molecule has 1 aromatic rings. The van der Waals surface area contributed by atoms with Gasteiger partial charge in [0.1, 0.15) is 6.54 Å². The average Bonchev–Trinajstić information content (AvgIpc) is 2.49. The Hall–Kier alpha value is -2.22. The molecule has 120 valence electrons. The van der Waals surface area contributed by atoms with E-state index < -0.39 is 10.5 Å². The quantitative estimate of drug-likeness (QED) is 0.637. The van der Waals surface area contributed by atoms with Crippen molar-refractivity contribution >= 4 is 11.6 Å². The van der Waals surface area contributed by atoms with E-state index in [1.165, 1.54) is 0 Å². The van der Waals surface area contributed by atoms with Crippen LogP contribution in [-0.4, -0.2) is 39.4 Å². The van der Waals surface area contributed by atoms with Crippen molar-refractivity contribution in [2.75, 3.05) is 13.1 Å². The van der Waals surface area contributed by atoms with Gasteiger partial charge in [-0.25, -0.2) is 0 Å². The second-order valence-corrected chi connectivity index (χ2v) is 5.69. The third-order valence-electron chi connectivity index (χ3n) is 4.12. The molecule has 2 rings (SSSR count). The van der Waals surface area contributed by atoms with E-state index in [1.807, 2.05) is 6.92 Å². The smallest absolute Gasteiger partial charge is 0.285 e. The highest BCUT2D eigenvalue weighted by molar-refractivity contribution is 5.76. The summed E-state index contributed by atoms with van der Waals surface area (Å²) < 4.78 is 1.08. The summed E-state index contributed by atoms with van der Waals surface area (Å²) in [5.41, 5.74) is 5.23. The van der Waals surface area contributed by atoms with Gasteiger partial charge < -0.3 is 10.6 Å². The summed E-state index contributed by atoms with van der Waals surface area (Å²) in [6.45, 7) is 3.00. The highest BCUT2D eigenvalue weighted by Gasteiger charge is 2.25. The Bertz CT molecular complexity index is 618. The number of piperidine rings is 1. The molecule has 0 aromatic carbocycles. The SMILES string of the molecule is CC(N)C1CCN(C(=O)Cn2cc([N+](=O)[O-])ccc2=O)CC1. The fourth-order valence-corrected chi connectivity index (χ4v) is 2.67. The number of rotatable bonds is 4. The molecule has 2 N–H and O–H groups in total. The van der Waals surface area contributed by atoms with Crippen molar-refractivity contribution in [3.63, 3.8) is 0 Å². The monoisotopic (exact) mass is 308 g/mol. The molecule has 1 atom stereocenters. The molecule has 1 aliphatic rings. The molecule has 1 amide bonds. The third-order valence-corrected chi connectivity index (χ3v) is 4.12. The lowest BCUT2D eigenvalue weighted by atomic mass is 9.91. The Labute approximate surface area is 127 Å². The molecule has 1 unspecified atom stereocenters. The molecule has 2 heterocycles. The molecule has 0 spiro atoms. The Kier molecular flexibility index (Phi) is 4.92. The molecule has 1 saturated heterocycles. The van der Waals surface area contributed by atoms with E-state index in [0.29, 0.717) is 19.0 Å². The topological polar surface area (TPSA) is 111 Å². The first-order valence-corrected chi connectivity index (χ1v) is 7.26. The van der Waals surface area contributed by atoms with E-state index in [1.54, 1.807) is 4.90 Å². The van der Waals surface area contributed by atoms with Gasteiger partial charge in [-0.05, 0) is 25.7 Å². The Balaban J connectivity index is 2.02. The summed E-state index contributed by atoms with van der Waals surface area (Å²) in [6.07, 6.45) is 2.79. The highest BCUT2D eigenvalue weighted by Crippen LogP contribution is 2.19. The van der Waals surface area contributed by atoms with Gasteiger partial charge in [0.25, 0.3) is 11.2 Å². The number of aromatic nitrogens is 1. The first kappa shape index (κ1) is 16.2. The lowest BCUT2D eigenvalue weighted by molar-refractivity contribution is -0.385. The molecule has 8 nitrogen and oxygen atoms in total. The van der Waals surface area contributed by atoms with Crippen molar-refractivity contribution in [3.8, 4) is 0 Å². The standard InChI is InChI=1S/C14H20N4O4/c1-10(15)11-4-6-16(7-5-11)14(20)9-17-8-12(18(21)22)2-3-13(17)19/h2-3,8,10-11H,4-7,9,15H2,1H3. The van der Waals surface area contributed by atoms with Gasteiger partial charge >= 0.3 is 0 Å². The number of hydrogen-bond acceptors (Lipinski definition) is 5. The van der Waals surface area contributed by atoms with Crippen LogP contribution in [0.4, 0.5) is 5.69 Å². The lowest BCUT2D eigenvalue weighted by Gasteiger charge is -2.33. The molecule has 8 heteroatoms. The minimum absolute atomic E-state index is 0.108. The zero-order valence-electron chi connectivity index (χ0n) is 12.5. The molecule has 0 bridgehead atoms. The largest absolute Gasteiger partial charge is 0.341 e. The van der Waals surface area contributed by atoms with E-state index >= 15 is 0 Å². The number of nitrogens with two attached hydrogens (primary N) is 1. The predicted octanol–water partition coefficient (Wildman–Crippen LogP) is 0.342. The maximum atomic E-state index is 12.2. The number of amides is 1.